The number of hydrogen-bond donors (Lipinski definition) is 5. The number of hydrogen-bond acceptors (Lipinski definition) is 9. The average Bonchev–Trinajstić information content (AvgIpc) is 3.63. The van der Waals surface area contributed by atoms with E-state index in [0.29, 0.717) is 44.0 Å². The largest absolute Gasteiger partial charge is 0.368 e. The third kappa shape index (κ3) is 7.52. The van der Waals surface area contributed by atoms with Gasteiger partial charge in [0, 0.05) is 49.7 Å². The Morgan fingerprint density at radius 3 is 2.65 bits per heavy atom. The van der Waals surface area contributed by atoms with Crippen molar-refractivity contribution in [3.8, 4) is 0 Å². The van der Waals surface area contributed by atoms with Gasteiger partial charge in [-0.2, -0.15) is 8.75 Å². The second-order valence-electron chi connectivity index (χ2n) is 10.2. The van der Waals surface area contributed by atoms with Crippen LogP contribution in [0.4, 0.5) is 5.82 Å². The summed E-state index contributed by atoms with van der Waals surface area (Å²) in [6.45, 7) is 2.81. The molecule has 0 fully saturated rings. The molecule has 13 nitrogen and oxygen atoms in total. The van der Waals surface area contributed by atoms with Crippen LogP contribution in [0.5, 0.6) is 0 Å². The van der Waals surface area contributed by atoms with Gasteiger partial charge in [-0.15, -0.1) is 0 Å². The molecule has 3 aromatic heterocycles. The van der Waals surface area contributed by atoms with Crippen LogP contribution in [0.1, 0.15) is 45.1 Å². The summed E-state index contributed by atoms with van der Waals surface area (Å²) in [6.07, 6.45) is 3.21. The van der Waals surface area contributed by atoms with Gasteiger partial charge in [0.05, 0.1) is 24.0 Å². The number of rotatable bonds is 3. The summed E-state index contributed by atoms with van der Waals surface area (Å²) in [5.74, 6) is -1.04. The second kappa shape index (κ2) is 13.9. The van der Waals surface area contributed by atoms with Crippen molar-refractivity contribution in [2.45, 2.75) is 32.2 Å². The Morgan fingerprint density at radius 1 is 0.977 bits per heavy atom. The van der Waals surface area contributed by atoms with E-state index in [1.807, 2.05) is 30.5 Å². The van der Waals surface area contributed by atoms with Crippen LogP contribution in [0.25, 0.3) is 10.9 Å². The third-order valence-electron chi connectivity index (χ3n) is 7.09. The molecule has 0 radical (unpaired) electrons. The smallest absolute Gasteiger partial charge is 0.275 e. The van der Waals surface area contributed by atoms with E-state index in [1.165, 1.54) is 4.90 Å². The fraction of sp³-hybridized carbons (Fsp3) is 0.345. The van der Waals surface area contributed by atoms with E-state index in [4.69, 9.17) is 0 Å². The molecular formula is C29H33N9O4S. The molecule has 1 aromatic carbocycles. The number of nitrogens with one attached hydrogen (secondary N) is 5. The topological polar surface area (TPSA) is 174 Å². The van der Waals surface area contributed by atoms with Crippen molar-refractivity contribution in [3.05, 3.63) is 71.3 Å². The van der Waals surface area contributed by atoms with Crippen molar-refractivity contribution in [1.29, 1.82) is 0 Å². The van der Waals surface area contributed by atoms with E-state index in [9.17, 15) is 19.2 Å². The molecule has 0 unspecified atom stereocenters. The van der Waals surface area contributed by atoms with Gasteiger partial charge in [0.1, 0.15) is 17.6 Å². The summed E-state index contributed by atoms with van der Waals surface area (Å²) in [4.78, 5) is 61.6. The van der Waals surface area contributed by atoms with Gasteiger partial charge in [0.2, 0.25) is 11.8 Å². The molecule has 224 valence electrons. The maximum atomic E-state index is 13.4. The highest BCUT2D eigenvalue weighted by Gasteiger charge is 2.25. The highest BCUT2D eigenvalue weighted by molar-refractivity contribution is 6.99. The van der Waals surface area contributed by atoms with Gasteiger partial charge in [0.15, 0.2) is 5.69 Å². The summed E-state index contributed by atoms with van der Waals surface area (Å²) in [5, 5.41) is 12.7. The Hall–Kier alpha value is -4.85. The van der Waals surface area contributed by atoms with Crippen molar-refractivity contribution in [2.75, 3.05) is 38.0 Å². The number of para-hydroxylation sites is 1. The zero-order chi connectivity index (χ0) is 30.2. The van der Waals surface area contributed by atoms with Crippen LogP contribution < -0.4 is 21.3 Å². The molecule has 5 N–H and O–H groups in total. The fourth-order valence-electron chi connectivity index (χ4n) is 4.83. The zero-order valence-corrected chi connectivity index (χ0v) is 24.5. The number of H-pyrrole nitrogens is 1. The molecule has 1 aliphatic heterocycles. The number of fused-ring (bicyclic) bond motifs is 3. The molecule has 0 aliphatic carbocycles. The number of pyridine rings is 1. The van der Waals surface area contributed by atoms with Gasteiger partial charge in [-0.1, -0.05) is 24.3 Å². The lowest BCUT2D eigenvalue weighted by atomic mass is 10.0. The lowest BCUT2D eigenvalue weighted by molar-refractivity contribution is -0.123. The van der Waals surface area contributed by atoms with Gasteiger partial charge < -0.3 is 31.2 Å². The van der Waals surface area contributed by atoms with Crippen molar-refractivity contribution >= 4 is 52.1 Å². The van der Waals surface area contributed by atoms with Crippen molar-refractivity contribution in [2.24, 2.45) is 0 Å². The van der Waals surface area contributed by atoms with Crippen LogP contribution in [0.15, 0.2) is 48.7 Å². The van der Waals surface area contributed by atoms with Crippen molar-refractivity contribution < 1.29 is 19.2 Å². The Bertz CT molecular complexity index is 1620. The van der Waals surface area contributed by atoms with Crippen LogP contribution in [-0.2, 0) is 16.0 Å². The molecule has 5 rings (SSSR count). The molecular weight excluding hydrogens is 570 g/mol. The van der Waals surface area contributed by atoms with Gasteiger partial charge in [-0.25, -0.2) is 4.98 Å². The SMILES string of the molecule is Cc1nsnc1C(=O)N1CCCCNC(=O)[C@H](Cc2c[nH]c3ccccc23)NC(=O)c2cccc(n2)NCCNC(=O)C1. The second-order valence-corrected chi connectivity index (χ2v) is 10.7. The van der Waals surface area contributed by atoms with Crippen LogP contribution in [0.3, 0.4) is 0 Å². The van der Waals surface area contributed by atoms with E-state index >= 15 is 0 Å². The van der Waals surface area contributed by atoms with E-state index in [0.717, 1.165) is 28.2 Å². The van der Waals surface area contributed by atoms with Crippen LogP contribution in [0.2, 0.25) is 0 Å². The normalized spacial score (nSPS) is 17.6. The summed E-state index contributed by atoms with van der Waals surface area (Å²) < 4.78 is 8.19. The number of nitrogens with zero attached hydrogens (tertiary/aromatic N) is 4. The molecule has 0 saturated heterocycles. The molecule has 1 aliphatic rings. The minimum absolute atomic E-state index is 0.138. The third-order valence-corrected chi connectivity index (χ3v) is 7.71. The van der Waals surface area contributed by atoms with E-state index in [2.05, 4.69) is 40.0 Å². The maximum Gasteiger partial charge on any atom is 0.275 e. The summed E-state index contributed by atoms with van der Waals surface area (Å²) in [7, 11) is 0. The molecule has 4 amide bonds. The minimum Gasteiger partial charge on any atom is -0.368 e. The molecule has 0 spiro atoms. The molecule has 14 heteroatoms. The number of anilines is 1. The molecule has 0 saturated carbocycles. The van der Waals surface area contributed by atoms with Gasteiger partial charge in [-0.05, 0) is 43.5 Å². The molecule has 43 heavy (non-hydrogen) atoms. The fourth-order valence-corrected chi connectivity index (χ4v) is 5.38. The first-order valence-corrected chi connectivity index (χ1v) is 14.8. The van der Waals surface area contributed by atoms with Crippen LogP contribution in [0, 0.1) is 6.92 Å². The number of aromatic nitrogens is 4. The van der Waals surface area contributed by atoms with Gasteiger partial charge in [0.25, 0.3) is 11.8 Å². The number of carbonyl (C=O) groups excluding carboxylic acids is 4. The van der Waals surface area contributed by atoms with E-state index in [1.54, 1.807) is 25.1 Å². The first-order chi connectivity index (χ1) is 20.9. The summed E-state index contributed by atoms with van der Waals surface area (Å²) in [5.41, 5.74) is 2.74. The molecule has 2 bridgehead atoms. The van der Waals surface area contributed by atoms with Crippen LogP contribution in [-0.4, -0.2) is 86.0 Å². The highest BCUT2D eigenvalue weighted by atomic mass is 32.1. The van der Waals surface area contributed by atoms with Crippen LogP contribution >= 0.6 is 11.7 Å². The standard InChI is InChI=1S/C29H33N9O4S/c1-18-26(37-43-36-18)29(42)38-14-5-4-11-32-27(40)23(15-19-16-33-21-8-3-2-7-20(19)21)35-28(41)22-9-6-10-24(34-22)30-12-13-31-25(39)17-38/h2-3,6-10,16,23,33H,4-5,11-15,17H2,1H3,(H,30,34)(H,31,39)(H,32,40)(H,35,41)/t23-/m0/s1. The Kier molecular flexibility index (Phi) is 9.56. The predicted octanol–water partition coefficient (Wildman–Crippen LogP) is 1.64. The number of carbonyl (C=O) groups is 4. The molecule has 1 atom stereocenters. The quantitative estimate of drug-likeness (QED) is 0.235. The first-order valence-electron chi connectivity index (χ1n) is 14.1. The van der Waals surface area contributed by atoms with Crippen molar-refractivity contribution in [1.82, 2.24) is 39.6 Å². The Balaban J connectivity index is 1.34. The highest BCUT2D eigenvalue weighted by Crippen LogP contribution is 2.19. The molecule has 4 aromatic rings. The van der Waals surface area contributed by atoms with Gasteiger partial charge in [-0.3, -0.25) is 19.2 Å². The number of benzene rings is 1. The number of amides is 4. The summed E-state index contributed by atoms with van der Waals surface area (Å²) >= 11 is 0.950. The Labute approximate surface area is 252 Å². The summed E-state index contributed by atoms with van der Waals surface area (Å²) in [6, 6.07) is 11.9. The Morgan fingerprint density at radius 2 is 1.81 bits per heavy atom. The lowest BCUT2D eigenvalue weighted by Gasteiger charge is -2.22. The average molecular weight is 604 g/mol. The first kappa shape index (κ1) is 29.6. The van der Waals surface area contributed by atoms with Crippen molar-refractivity contribution in [3.63, 3.8) is 0 Å². The lowest BCUT2D eigenvalue weighted by Crippen LogP contribution is -2.48. The molecule has 4 heterocycles. The number of aryl methyl sites for hydroxylation is 1. The maximum absolute atomic E-state index is 13.4. The van der Waals surface area contributed by atoms with E-state index in [-0.39, 0.29) is 48.6 Å². The minimum atomic E-state index is -0.854. The predicted molar refractivity (Wildman–Crippen MR) is 162 cm³/mol. The van der Waals surface area contributed by atoms with E-state index < -0.39 is 11.9 Å². The monoisotopic (exact) mass is 603 g/mol. The van der Waals surface area contributed by atoms with Gasteiger partial charge >= 0.3 is 0 Å². The number of aromatic amines is 1. The zero-order valence-electron chi connectivity index (χ0n) is 23.7.